The lowest BCUT2D eigenvalue weighted by Gasteiger charge is -2.35. The maximum Gasteiger partial charge on any atom is 0.0895 e. The van der Waals surface area contributed by atoms with Crippen molar-refractivity contribution in [2.45, 2.75) is 32.4 Å². The molecule has 0 aromatic carbocycles. The summed E-state index contributed by atoms with van der Waals surface area (Å²) in [6.45, 7) is 8.31. The number of nitrogens with zero attached hydrogens (tertiary/aromatic N) is 1. The van der Waals surface area contributed by atoms with Gasteiger partial charge in [-0.1, -0.05) is 6.92 Å². The lowest BCUT2D eigenvalue weighted by Crippen LogP contribution is -2.47. The van der Waals surface area contributed by atoms with Gasteiger partial charge in [0, 0.05) is 18.0 Å². The Morgan fingerprint density at radius 3 is 3.12 bits per heavy atom. The van der Waals surface area contributed by atoms with Gasteiger partial charge < -0.3 is 10.5 Å². The highest BCUT2D eigenvalue weighted by molar-refractivity contribution is 7.10. The smallest absolute Gasteiger partial charge is 0.0895 e. The van der Waals surface area contributed by atoms with Crippen molar-refractivity contribution in [1.82, 2.24) is 4.90 Å². The van der Waals surface area contributed by atoms with Crippen molar-refractivity contribution >= 4 is 11.3 Å². The van der Waals surface area contributed by atoms with Gasteiger partial charge in [-0.15, -0.1) is 11.3 Å². The topological polar surface area (TPSA) is 38.5 Å². The van der Waals surface area contributed by atoms with Crippen LogP contribution in [0.15, 0.2) is 11.4 Å². The number of hydrogen-bond donors (Lipinski definition) is 1. The Hall–Kier alpha value is -0.420. The summed E-state index contributed by atoms with van der Waals surface area (Å²) >= 11 is 1.76. The summed E-state index contributed by atoms with van der Waals surface area (Å²) in [5.74, 6) is 0. The van der Waals surface area contributed by atoms with E-state index in [9.17, 15) is 0 Å². The van der Waals surface area contributed by atoms with Crippen molar-refractivity contribution in [3.8, 4) is 0 Å². The van der Waals surface area contributed by atoms with Gasteiger partial charge in [0.1, 0.15) is 0 Å². The molecule has 3 nitrogen and oxygen atoms in total. The summed E-state index contributed by atoms with van der Waals surface area (Å²) in [7, 11) is 0. The van der Waals surface area contributed by atoms with Crippen molar-refractivity contribution in [2.24, 2.45) is 5.73 Å². The lowest BCUT2D eigenvalue weighted by molar-refractivity contribution is -0.0408. The molecule has 0 radical (unpaired) electrons. The fraction of sp³-hybridized carbons (Fsp3) is 0.692. The van der Waals surface area contributed by atoms with Crippen molar-refractivity contribution in [3.63, 3.8) is 0 Å². The maximum atomic E-state index is 6.33. The van der Waals surface area contributed by atoms with E-state index in [1.54, 1.807) is 11.3 Å². The van der Waals surface area contributed by atoms with E-state index in [1.165, 1.54) is 16.9 Å². The van der Waals surface area contributed by atoms with Crippen LogP contribution in [0.4, 0.5) is 0 Å². The van der Waals surface area contributed by atoms with Crippen LogP contribution in [0, 0.1) is 6.92 Å². The highest BCUT2D eigenvalue weighted by atomic mass is 32.1. The molecule has 1 fully saturated rings. The fourth-order valence-corrected chi connectivity index (χ4v) is 3.17. The minimum atomic E-state index is 0.0147. The summed E-state index contributed by atoms with van der Waals surface area (Å²) in [6, 6.07) is 2.15. The molecule has 1 saturated heterocycles. The first kappa shape index (κ1) is 13.0. The zero-order valence-corrected chi connectivity index (χ0v) is 11.5. The van der Waals surface area contributed by atoms with E-state index in [2.05, 4.69) is 30.2 Å². The molecule has 0 bridgehead atoms. The van der Waals surface area contributed by atoms with Crippen molar-refractivity contribution in [1.29, 1.82) is 0 Å². The van der Waals surface area contributed by atoms with E-state index in [0.29, 0.717) is 0 Å². The average molecular weight is 254 g/mol. The molecule has 1 aliphatic rings. The minimum absolute atomic E-state index is 0.0147. The van der Waals surface area contributed by atoms with Crippen LogP contribution in [-0.2, 0) is 4.74 Å². The zero-order chi connectivity index (χ0) is 12.3. The van der Waals surface area contributed by atoms with Crippen molar-refractivity contribution in [2.75, 3.05) is 26.2 Å². The van der Waals surface area contributed by atoms with E-state index in [0.717, 1.165) is 26.2 Å². The number of ether oxygens (including phenoxy) is 1. The Balaban J connectivity index is 1.99. The molecule has 1 aromatic rings. The maximum absolute atomic E-state index is 6.33. The molecule has 2 heterocycles. The Labute approximate surface area is 108 Å². The fourth-order valence-electron chi connectivity index (χ4n) is 2.41. The summed E-state index contributed by atoms with van der Waals surface area (Å²) in [4.78, 5) is 3.77. The molecule has 0 spiro atoms. The van der Waals surface area contributed by atoms with Crippen LogP contribution < -0.4 is 5.73 Å². The van der Waals surface area contributed by atoms with Gasteiger partial charge in [0.05, 0.1) is 18.8 Å². The summed E-state index contributed by atoms with van der Waals surface area (Å²) in [5, 5.41) is 2.11. The molecule has 96 valence electrons. The molecule has 2 rings (SSSR count). The predicted octanol–water partition coefficient (Wildman–Crippen LogP) is 2.17. The van der Waals surface area contributed by atoms with Crippen LogP contribution in [-0.4, -0.2) is 37.2 Å². The predicted molar refractivity (Wildman–Crippen MR) is 72.5 cm³/mol. The van der Waals surface area contributed by atoms with Crippen LogP contribution in [0.1, 0.15) is 29.8 Å². The Morgan fingerprint density at radius 2 is 2.47 bits per heavy atom. The molecule has 0 aliphatic carbocycles. The molecule has 1 aromatic heterocycles. The van der Waals surface area contributed by atoms with Gasteiger partial charge in [0.25, 0.3) is 0 Å². The molecule has 1 aliphatic heterocycles. The third-order valence-corrected chi connectivity index (χ3v) is 4.24. The molecule has 2 unspecified atom stereocenters. The van der Waals surface area contributed by atoms with Crippen LogP contribution in [0.25, 0.3) is 0 Å². The normalized spacial score (nSPS) is 23.8. The third kappa shape index (κ3) is 3.07. The van der Waals surface area contributed by atoms with Gasteiger partial charge in [-0.3, -0.25) is 4.90 Å². The highest BCUT2D eigenvalue weighted by Gasteiger charge is 2.27. The first-order valence-corrected chi connectivity index (χ1v) is 7.24. The quantitative estimate of drug-likeness (QED) is 0.895. The molecular weight excluding hydrogens is 232 g/mol. The lowest BCUT2D eigenvalue weighted by atomic mass is 10.0. The van der Waals surface area contributed by atoms with E-state index < -0.39 is 0 Å². The zero-order valence-electron chi connectivity index (χ0n) is 10.7. The van der Waals surface area contributed by atoms with E-state index >= 15 is 0 Å². The van der Waals surface area contributed by atoms with E-state index in [-0.39, 0.29) is 12.1 Å². The summed E-state index contributed by atoms with van der Waals surface area (Å²) in [5.41, 5.74) is 7.58. The largest absolute Gasteiger partial charge is 0.374 e. The van der Waals surface area contributed by atoms with Gasteiger partial charge in [-0.25, -0.2) is 0 Å². The van der Waals surface area contributed by atoms with Crippen LogP contribution >= 0.6 is 11.3 Å². The highest BCUT2D eigenvalue weighted by Crippen LogP contribution is 2.26. The van der Waals surface area contributed by atoms with Crippen molar-refractivity contribution in [3.05, 3.63) is 21.9 Å². The average Bonchev–Trinajstić information content (AvgIpc) is 2.75. The Bertz CT molecular complexity index is 351. The second-order valence-corrected chi connectivity index (χ2v) is 5.79. The SMILES string of the molecule is CCCN1CCOC(C(N)c2ccsc2C)C1. The van der Waals surface area contributed by atoms with Gasteiger partial charge in [-0.05, 0) is 36.9 Å². The van der Waals surface area contributed by atoms with Gasteiger partial charge >= 0.3 is 0 Å². The molecule has 17 heavy (non-hydrogen) atoms. The monoisotopic (exact) mass is 254 g/mol. The first-order chi connectivity index (χ1) is 8.22. The molecular formula is C13H22N2OS. The first-order valence-electron chi connectivity index (χ1n) is 6.36. The number of aryl methyl sites for hydroxylation is 1. The van der Waals surface area contributed by atoms with Gasteiger partial charge in [0.15, 0.2) is 0 Å². The summed E-state index contributed by atoms with van der Waals surface area (Å²) < 4.78 is 5.83. The van der Waals surface area contributed by atoms with Crippen molar-refractivity contribution < 1.29 is 4.74 Å². The molecule has 0 amide bonds. The van der Waals surface area contributed by atoms with Gasteiger partial charge in [-0.2, -0.15) is 0 Å². The molecule has 4 heteroatoms. The minimum Gasteiger partial charge on any atom is -0.374 e. The standard InChI is InChI=1S/C13H22N2OS/c1-3-5-15-6-7-16-12(9-15)13(14)11-4-8-17-10(11)2/h4,8,12-13H,3,5-7,9,14H2,1-2H3. The molecule has 2 N–H and O–H groups in total. The molecule has 0 saturated carbocycles. The Morgan fingerprint density at radius 1 is 1.65 bits per heavy atom. The summed E-state index contributed by atoms with van der Waals surface area (Å²) in [6.07, 6.45) is 1.34. The number of thiophene rings is 1. The number of morpholine rings is 1. The van der Waals surface area contributed by atoms with Gasteiger partial charge in [0.2, 0.25) is 0 Å². The number of hydrogen-bond acceptors (Lipinski definition) is 4. The van der Waals surface area contributed by atoms with Crippen LogP contribution in [0.5, 0.6) is 0 Å². The van der Waals surface area contributed by atoms with Crippen LogP contribution in [0.2, 0.25) is 0 Å². The second kappa shape index (κ2) is 5.96. The molecule has 2 atom stereocenters. The Kier molecular flexibility index (Phi) is 4.56. The van der Waals surface area contributed by atoms with E-state index in [4.69, 9.17) is 10.5 Å². The second-order valence-electron chi connectivity index (χ2n) is 4.67. The number of nitrogens with two attached hydrogens (primary N) is 1. The van der Waals surface area contributed by atoms with E-state index in [1.807, 2.05) is 0 Å². The van der Waals surface area contributed by atoms with Crippen LogP contribution in [0.3, 0.4) is 0 Å². The number of rotatable bonds is 4. The third-order valence-electron chi connectivity index (χ3n) is 3.38.